The molecule has 10 aromatic rings. The molecule has 0 aliphatic heterocycles. The molecule has 10 rings (SSSR count). The van der Waals surface area contributed by atoms with E-state index >= 15 is 0 Å². The second-order valence-electron chi connectivity index (χ2n) is 14.3. The van der Waals surface area contributed by atoms with Gasteiger partial charge in [-0.1, -0.05) is 95.9 Å². The van der Waals surface area contributed by atoms with Gasteiger partial charge in [0.1, 0.15) is 29.3 Å². The summed E-state index contributed by atoms with van der Waals surface area (Å²) in [6.07, 6.45) is 0. The predicted octanol–water partition coefficient (Wildman–Crippen LogP) is 6.72. The fourth-order valence-electron chi connectivity index (χ4n) is 8.72. The van der Waals surface area contributed by atoms with Crippen LogP contribution in [-0.2, 0) is 0 Å². The molecule has 0 radical (unpaired) electrons. The number of aromatic nitrogens is 2. The molecule has 0 amide bonds. The topological polar surface area (TPSA) is 53.9 Å². The molecule has 2 heterocycles. The molecule has 0 aliphatic carbocycles. The van der Waals surface area contributed by atoms with Gasteiger partial charge in [0.25, 0.3) is 0 Å². The van der Waals surface area contributed by atoms with E-state index in [1.54, 1.807) is 0 Å². The van der Waals surface area contributed by atoms with E-state index in [-0.39, 0.29) is 0 Å². The van der Waals surface area contributed by atoms with Gasteiger partial charge in [-0.05, 0) is 105 Å². The van der Waals surface area contributed by atoms with Crippen molar-refractivity contribution in [2.24, 2.45) is 0 Å². The van der Waals surface area contributed by atoms with E-state index in [1.165, 1.54) is 27.1 Å². The Morgan fingerprint density at radius 1 is 0.481 bits per heavy atom. The van der Waals surface area contributed by atoms with Crippen LogP contribution in [0.2, 0.25) is 0 Å². The first kappa shape index (κ1) is 31.8. The summed E-state index contributed by atoms with van der Waals surface area (Å²) in [6.45, 7) is 0. The number of benzene rings is 8. The first-order valence-electron chi connectivity index (χ1n) is 18.3. The minimum atomic E-state index is 0.362. The highest BCUT2D eigenvalue weighted by Gasteiger charge is 2.22. The van der Waals surface area contributed by atoms with Crippen LogP contribution in [0.3, 0.4) is 0 Å². The van der Waals surface area contributed by atoms with E-state index in [0.29, 0.717) is 11.3 Å². The van der Waals surface area contributed by atoms with E-state index < -0.39 is 0 Å². The molecular weight excluding hydrogens is 655 g/mol. The predicted molar refractivity (Wildman–Crippen MR) is 234 cm³/mol. The number of nitrogens with zero attached hydrogens (tertiary/aromatic N) is 3. The quantitative estimate of drug-likeness (QED) is 0.209. The Hall–Kier alpha value is -6.90. The third-order valence-electron chi connectivity index (χ3n) is 11.4. The van der Waals surface area contributed by atoms with E-state index in [4.69, 9.17) is 0 Å². The van der Waals surface area contributed by atoms with Crippen molar-refractivity contribution in [2.75, 3.05) is 0 Å². The van der Waals surface area contributed by atoms with Gasteiger partial charge in [-0.15, -0.1) is 0 Å². The lowest BCUT2D eigenvalue weighted by molar-refractivity contribution is 0.485. The molecule has 0 fully saturated rings. The van der Waals surface area contributed by atoms with Crippen LogP contribution >= 0.6 is 0 Å². The van der Waals surface area contributed by atoms with Crippen molar-refractivity contribution in [3.63, 3.8) is 0 Å². The number of hydrogen-bond donors (Lipinski definition) is 1. The van der Waals surface area contributed by atoms with Gasteiger partial charge in [-0.2, -0.15) is 5.26 Å². The second kappa shape index (κ2) is 12.1. The van der Waals surface area contributed by atoms with Gasteiger partial charge >= 0.3 is 0 Å². The maximum absolute atomic E-state index is 11.3. The number of rotatable bonds is 4. The minimum Gasteiger partial charge on any atom is -0.509 e. The Balaban J connectivity index is 1.21. The van der Waals surface area contributed by atoms with Crippen LogP contribution in [0.15, 0.2) is 152 Å². The first-order chi connectivity index (χ1) is 26.4. The van der Waals surface area contributed by atoms with Gasteiger partial charge in [0.2, 0.25) is 0 Å². The van der Waals surface area contributed by atoms with Gasteiger partial charge in [0, 0.05) is 38.4 Å². The Labute approximate surface area is 315 Å². The molecule has 54 heavy (non-hydrogen) atoms. The average Bonchev–Trinajstić information content (AvgIpc) is 3.75. The van der Waals surface area contributed by atoms with Crippen LogP contribution in [0.25, 0.3) is 88.0 Å². The molecule has 0 bridgehead atoms. The van der Waals surface area contributed by atoms with Crippen molar-refractivity contribution in [1.29, 1.82) is 5.26 Å². The molecule has 0 saturated carbocycles. The Bertz CT molecular complexity index is 3200. The largest absolute Gasteiger partial charge is 0.509 e. The molecule has 0 unspecified atom stereocenters. The van der Waals surface area contributed by atoms with Crippen molar-refractivity contribution >= 4 is 94.3 Å². The van der Waals surface area contributed by atoms with Crippen molar-refractivity contribution in [2.45, 2.75) is 0 Å². The van der Waals surface area contributed by atoms with Gasteiger partial charge in [0.15, 0.2) is 0 Å². The minimum absolute atomic E-state index is 0.362. The molecule has 7 heteroatoms. The summed E-state index contributed by atoms with van der Waals surface area (Å²) in [7, 11) is 6.16. The zero-order valence-corrected chi connectivity index (χ0v) is 30.2. The maximum Gasteiger partial charge on any atom is 0.145 e. The molecule has 250 valence electrons. The van der Waals surface area contributed by atoms with Crippen molar-refractivity contribution in [1.82, 2.24) is 9.13 Å². The van der Waals surface area contributed by atoms with Gasteiger partial charge < -0.3 is 14.2 Å². The van der Waals surface area contributed by atoms with Crippen LogP contribution in [0.5, 0.6) is 5.75 Å². The summed E-state index contributed by atoms with van der Waals surface area (Å²) < 4.78 is 4.63. The van der Waals surface area contributed by atoms with E-state index in [2.05, 4.69) is 144 Å². The SMILES string of the molecule is Bc1c(O)c(B)c2c3cc(-c4cccc5cccc(-c6ccc7c(c6)c6ccccc6n7-c6ccc(C#N)cc6)c45)ccc3n(-c3ccccc3)c2c1B. The molecule has 0 saturated heterocycles. The lowest BCUT2D eigenvalue weighted by Crippen LogP contribution is -2.32. The van der Waals surface area contributed by atoms with Gasteiger partial charge in [-0.25, -0.2) is 0 Å². The Kier molecular flexibility index (Phi) is 7.12. The van der Waals surface area contributed by atoms with Crippen LogP contribution in [-0.4, -0.2) is 37.8 Å². The number of aromatic hydroxyl groups is 1. The summed E-state index contributed by atoms with van der Waals surface area (Å²) in [5.41, 5.74) is 14.8. The summed E-state index contributed by atoms with van der Waals surface area (Å²) >= 11 is 0. The smallest absolute Gasteiger partial charge is 0.145 e. The van der Waals surface area contributed by atoms with Crippen molar-refractivity contribution in [3.05, 3.63) is 157 Å². The number of phenolic OH excluding ortho intramolecular Hbond substituents is 1. The summed E-state index contributed by atoms with van der Waals surface area (Å²) in [4.78, 5) is 0. The standard InChI is InChI=1S/C47H32B3N3O/c48-43-42-37-25-30(19-23-40(37)53(31-10-2-1-3-11-31)46(42)44(49)45(50)47(43)54)34-14-7-9-28-8-6-13-33(41(28)34)29-18-22-39-36(24-29)35-12-4-5-15-38(35)52(39)32-20-16-27(26-51)17-21-32/h1-25,54H,48-50H2. The fraction of sp³-hybridized carbons (Fsp3) is 0. The molecule has 0 aliphatic rings. The van der Waals surface area contributed by atoms with Crippen molar-refractivity contribution < 1.29 is 5.11 Å². The summed E-state index contributed by atoms with van der Waals surface area (Å²) in [5, 5.41) is 27.7. The fourth-order valence-corrected chi connectivity index (χ4v) is 8.72. The zero-order chi connectivity index (χ0) is 36.7. The number of fused-ring (bicyclic) bond motifs is 7. The highest BCUT2D eigenvalue weighted by Crippen LogP contribution is 2.41. The van der Waals surface area contributed by atoms with Crippen LogP contribution in [0, 0.1) is 11.3 Å². The normalized spacial score (nSPS) is 11.6. The molecule has 1 N–H and O–H groups in total. The molecule has 8 aromatic carbocycles. The molecular formula is C47H32B3N3O. The lowest BCUT2D eigenvalue weighted by atomic mass is 9.73. The lowest BCUT2D eigenvalue weighted by Gasteiger charge is -2.14. The Morgan fingerprint density at radius 3 is 1.76 bits per heavy atom. The Morgan fingerprint density at radius 2 is 1.07 bits per heavy atom. The molecule has 0 spiro atoms. The van der Waals surface area contributed by atoms with Crippen molar-refractivity contribution in [3.8, 4) is 45.4 Å². The maximum atomic E-state index is 11.3. The van der Waals surface area contributed by atoms with Crippen LogP contribution < -0.4 is 16.4 Å². The third kappa shape index (κ3) is 4.60. The zero-order valence-electron chi connectivity index (χ0n) is 30.2. The number of para-hydroxylation sites is 2. The first-order valence-corrected chi connectivity index (χ1v) is 18.3. The molecule has 0 atom stereocenters. The molecule has 2 aromatic heterocycles. The number of phenols is 1. The highest BCUT2D eigenvalue weighted by molar-refractivity contribution is 6.59. The average molecular weight is 687 g/mol. The van der Waals surface area contributed by atoms with Crippen LogP contribution in [0.1, 0.15) is 5.56 Å². The second-order valence-corrected chi connectivity index (χ2v) is 14.3. The van der Waals surface area contributed by atoms with Crippen LogP contribution in [0.4, 0.5) is 0 Å². The highest BCUT2D eigenvalue weighted by atomic mass is 16.3. The number of nitriles is 1. The van der Waals surface area contributed by atoms with Gasteiger partial charge in [-0.3, -0.25) is 0 Å². The summed E-state index contributed by atoms with van der Waals surface area (Å²) in [5.74, 6) is 0.362. The van der Waals surface area contributed by atoms with E-state index in [9.17, 15) is 10.4 Å². The monoisotopic (exact) mass is 687 g/mol. The van der Waals surface area contributed by atoms with E-state index in [1.807, 2.05) is 46.0 Å². The molecule has 4 nitrogen and oxygen atoms in total. The van der Waals surface area contributed by atoms with Gasteiger partial charge in [0.05, 0.1) is 28.2 Å². The number of hydrogen-bond acceptors (Lipinski definition) is 2. The van der Waals surface area contributed by atoms with E-state index in [0.717, 1.165) is 77.3 Å². The third-order valence-corrected chi connectivity index (χ3v) is 11.4. The summed E-state index contributed by atoms with van der Waals surface area (Å²) in [6, 6.07) is 55.9.